The van der Waals surface area contributed by atoms with Gasteiger partial charge in [0.25, 0.3) is 0 Å². The first-order valence-electron chi connectivity index (χ1n) is 7.83. The number of hydrogen-bond acceptors (Lipinski definition) is 4. The number of hydrogen-bond donors (Lipinski definition) is 0. The van der Waals surface area contributed by atoms with Crippen LogP contribution < -0.4 is 8.92 Å². The van der Waals surface area contributed by atoms with Crippen molar-refractivity contribution in [3.8, 4) is 0 Å². The van der Waals surface area contributed by atoms with Gasteiger partial charge in [0, 0.05) is 0 Å². The molecule has 0 spiro atoms. The summed E-state index contributed by atoms with van der Waals surface area (Å²) in [7, 11) is 0. The minimum absolute atomic E-state index is 0.0840. The molecule has 4 nitrogen and oxygen atoms in total. The van der Waals surface area contributed by atoms with Crippen molar-refractivity contribution >= 4 is 35.2 Å². The second-order valence-electron chi connectivity index (χ2n) is 5.53. The van der Waals surface area contributed by atoms with Crippen LogP contribution in [0.15, 0.2) is 48.5 Å². The molecule has 2 heterocycles. The molecule has 2 aliphatic heterocycles. The van der Waals surface area contributed by atoms with Gasteiger partial charge in [-0.2, -0.15) is 0 Å². The van der Waals surface area contributed by atoms with E-state index in [-0.39, 0.29) is 12.2 Å². The van der Waals surface area contributed by atoms with E-state index in [1.54, 1.807) is 0 Å². The quantitative estimate of drug-likeness (QED) is 0.631. The van der Waals surface area contributed by atoms with Crippen LogP contribution in [0, 0.1) is 0 Å². The molecule has 126 valence electrons. The topological polar surface area (TPSA) is 36.9 Å². The van der Waals surface area contributed by atoms with Crippen molar-refractivity contribution < 1.29 is 18.9 Å². The summed E-state index contributed by atoms with van der Waals surface area (Å²) in [6.45, 7) is 2.12. The fourth-order valence-corrected chi connectivity index (χ4v) is 10.2. The summed E-state index contributed by atoms with van der Waals surface area (Å²) in [6.07, 6.45) is 0.168. The summed E-state index contributed by atoms with van der Waals surface area (Å²) in [4.78, 5) is 0. The zero-order valence-corrected chi connectivity index (χ0v) is 16.5. The van der Waals surface area contributed by atoms with Gasteiger partial charge in [-0.1, -0.05) is 0 Å². The van der Waals surface area contributed by atoms with Crippen LogP contribution in [0.5, 0.6) is 0 Å². The van der Waals surface area contributed by atoms with Crippen molar-refractivity contribution in [3.63, 3.8) is 0 Å². The second kappa shape index (κ2) is 8.13. The molecule has 2 aliphatic rings. The molecular weight excluding hydrogens is 438 g/mol. The van der Waals surface area contributed by atoms with Gasteiger partial charge in [0.1, 0.15) is 0 Å². The van der Waals surface area contributed by atoms with Crippen LogP contribution in [0.2, 0.25) is 0 Å². The monoisotopic (exact) mass is 458 g/mol. The van der Waals surface area contributed by atoms with E-state index in [1.165, 1.54) is 20.1 Å². The van der Waals surface area contributed by atoms with E-state index in [0.717, 1.165) is 0 Å². The van der Waals surface area contributed by atoms with E-state index in [9.17, 15) is 0 Å². The first kappa shape index (κ1) is 16.8. The number of rotatable bonds is 5. The average Bonchev–Trinajstić information content (AvgIpc) is 3.34. The standard InChI is InChI=1S/C18H18O4Se2/c1-3-7-17(13(5-1)15-9-19-11-21-15)23-24-18-8-4-2-6-14(18)16-10-20-12-22-16/h1-8,15-16H,9-12H2/t15-,16-/m0/s1. The van der Waals surface area contributed by atoms with E-state index in [0.29, 0.717) is 53.1 Å². The molecule has 0 aliphatic carbocycles. The van der Waals surface area contributed by atoms with Gasteiger partial charge in [0.15, 0.2) is 0 Å². The predicted octanol–water partition coefficient (Wildman–Crippen LogP) is 1.05. The molecule has 0 bridgehead atoms. The Balaban J connectivity index is 1.51. The third-order valence-electron chi connectivity index (χ3n) is 4.00. The zero-order valence-electron chi connectivity index (χ0n) is 13.1. The van der Waals surface area contributed by atoms with Gasteiger partial charge < -0.3 is 0 Å². The van der Waals surface area contributed by atoms with Gasteiger partial charge in [0.05, 0.1) is 0 Å². The van der Waals surface area contributed by atoms with Gasteiger partial charge >= 0.3 is 153 Å². The average molecular weight is 456 g/mol. The molecule has 6 heteroatoms. The van der Waals surface area contributed by atoms with Crippen LogP contribution in [-0.4, -0.2) is 53.1 Å². The van der Waals surface area contributed by atoms with Gasteiger partial charge in [-0.3, -0.25) is 0 Å². The Kier molecular flexibility index (Phi) is 5.68. The first-order chi connectivity index (χ1) is 11.9. The van der Waals surface area contributed by atoms with Crippen molar-refractivity contribution in [2.75, 3.05) is 26.8 Å². The molecular formula is C18H18O4Se2. The van der Waals surface area contributed by atoms with Crippen LogP contribution in [0.25, 0.3) is 0 Å². The third-order valence-corrected chi connectivity index (χ3v) is 11.3. The summed E-state index contributed by atoms with van der Waals surface area (Å²) >= 11 is 0.788. The summed E-state index contributed by atoms with van der Waals surface area (Å²) < 4.78 is 25.0. The molecule has 0 radical (unpaired) electrons. The molecule has 24 heavy (non-hydrogen) atoms. The minimum atomic E-state index is 0.0840. The van der Waals surface area contributed by atoms with Gasteiger partial charge in [0.2, 0.25) is 0 Å². The fraction of sp³-hybridized carbons (Fsp3) is 0.333. The van der Waals surface area contributed by atoms with Crippen LogP contribution >= 0.6 is 0 Å². The molecule has 0 saturated carbocycles. The third kappa shape index (κ3) is 3.77. The predicted molar refractivity (Wildman–Crippen MR) is 93.0 cm³/mol. The summed E-state index contributed by atoms with van der Waals surface area (Å²) in [5, 5.41) is 0. The van der Waals surface area contributed by atoms with Gasteiger partial charge in [-0.25, -0.2) is 0 Å². The SMILES string of the molecule is c1ccc([C@@H]2COCO2)c([Se][Se]c2ccccc2[C@@H]2COCO2)c1. The van der Waals surface area contributed by atoms with Crippen molar-refractivity contribution in [1.29, 1.82) is 0 Å². The Morgan fingerprint density at radius 2 is 1.12 bits per heavy atom. The Labute approximate surface area is 152 Å². The van der Waals surface area contributed by atoms with Crippen molar-refractivity contribution in [3.05, 3.63) is 59.7 Å². The number of ether oxygens (including phenoxy) is 4. The second-order valence-corrected chi connectivity index (χ2v) is 11.7. The molecule has 2 saturated heterocycles. The van der Waals surface area contributed by atoms with Crippen LogP contribution in [0.1, 0.15) is 23.3 Å². The van der Waals surface area contributed by atoms with Gasteiger partial charge in [-0.15, -0.1) is 0 Å². The fourth-order valence-electron chi connectivity index (χ4n) is 2.76. The molecule has 0 aromatic heterocycles. The Hall–Kier alpha value is -0.681. The molecule has 4 rings (SSSR count). The maximum absolute atomic E-state index is 5.69. The molecule has 2 aromatic rings. The normalized spacial score (nSPS) is 23.7. The maximum atomic E-state index is 5.69. The molecule has 2 aromatic carbocycles. The Morgan fingerprint density at radius 1 is 0.667 bits per heavy atom. The Morgan fingerprint density at radius 3 is 1.54 bits per heavy atom. The van der Waals surface area contributed by atoms with Crippen LogP contribution in [-0.2, 0) is 18.9 Å². The summed E-state index contributed by atoms with van der Waals surface area (Å²) in [6, 6.07) is 17.2. The van der Waals surface area contributed by atoms with Gasteiger partial charge in [-0.05, 0) is 0 Å². The molecule has 0 N–H and O–H groups in total. The summed E-state index contributed by atoms with van der Waals surface area (Å²) in [5.74, 6) is 0. The van der Waals surface area contributed by atoms with Crippen molar-refractivity contribution in [2.45, 2.75) is 12.2 Å². The molecule has 2 atom stereocenters. The van der Waals surface area contributed by atoms with E-state index >= 15 is 0 Å². The Bertz CT molecular complexity index is 623. The van der Waals surface area contributed by atoms with E-state index in [2.05, 4.69) is 48.5 Å². The molecule has 0 unspecified atom stereocenters. The van der Waals surface area contributed by atoms with Crippen molar-refractivity contribution in [2.24, 2.45) is 0 Å². The van der Waals surface area contributed by atoms with Crippen LogP contribution in [0.4, 0.5) is 0 Å². The van der Waals surface area contributed by atoms with Crippen molar-refractivity contribution in [1.82, 2.24) is 0 Å². The van der Waals surface area contributed by atoms with Crippen LogP contribution in [0.3, 0.4) is 0 Å². The molecule has 0 amide bonds. The summed E-state index contributed by atoms with van der Waals surface area (Å²) in [5.41, 5.74) is 2.57. The van der Waals surface area contributed by atoms with E-state index in [4.69, 9.17) is 18.9 Å². The number of benzene rings is 2. The first-order valence-corrected chi connectivity index (χ1v) is 13.9. The zero-order chi connectivity index (χ0) is 16.2. The van der Waals surface area contributed by atoms with E-state index < -0.39 is 0 Å². The van der Waals surface area contributed by atoms with E-state index in [1.807, 2.05) is 0 Å². The molecule has 2 fully saturated rings.